The number of ether oxygens (including phenoxy) is 1. The molecule has 0 unspecified atom stereocenters. The van der Waals surface area contributed by atoms with Crippen LogP contribution in [0.3, 0.4) is 0 Å². The molecule has 30 heavy (non-hydrogen) atoms. The fraction of sp³-hybridized carbons (Fsp3) is 0.280. The van der Waals surface area contributed by atoms with Crippen LogP contribution in [0.5, 0.6) is 5.75 Å². The summed E-state index contributed by atoms with van der Waals surface area (Å²) in [7, 11) is 0. The van der Waals surface area contributed by atoms with E-state index >= 15 is 0 Å². The molecule has 5 nitrogen and oxygen atoms in total. The quantitative estimate of drug-likeness (QED) is 0.438. The van der Waals surface area contributed by atoms with Gasteiger partial charge in [-0.05, 0) is 42.8 Å². The molecule has 0 atom stereocenters. The van der Waals surface area contributed by atoms with Crippen LogP contribution in [-0.2, 0) is 17.9 Å². The molecule has 0 saturated heterocycles. The highest BCUT2D eigenvalue weighted by molar-refractivity contribution is 5.88. The highest BCUT2D eigenvalue weighted by Crippen LogP contribution is 2.29. The molecule has 0 bridgehead atoms. The van der Waals surface area contributed by atoms with Crippen LogP contribution in [0.4, 0.5) is 0 Å². The monoisotopic (exact) mass is 399 g/mol. The van der Waals surface area contributed by atoms with Crippen LogP contribution < -0.4 is 10.1 Å². The highest BCUT2D eigenvalue weighted by atomic mass is 16.5. The first-order valence-electron chi connectivity index (χ1n) is 10.6. The molecule has 1 saturated carbocycles. The third-order valence-electron chi connectivity index (χ3n) is 5.64. The summed E-state index contributed by atoms with van der Waals surface area (Å²) in [5.41, 5.74) is 2.06. The third-order valence-corrected chi connectivity index (χ3v) is 5.64. The van der Waals surface area contributed by atoms with Crippen molar-refractivity contribution in [2.45, 2.75) is 32.4 Å². The number of hydrogen-bond acceptors (Lipinski definition) is 3. The molecule has 3 aromatic carbocycles. The van der Waals surface area contributed by atoms with E-state index in [1.54, 1.807) is 0 Å². The van der Waals surface area contributed by atoms with E-state index in [2.05, 4.69) is 34.1 Å². The maximum Gasteiger partial charge on any atom is 0.223 e. The van der Waals surface area contributed by atoms with Crippen molar-refractivity contribution in [1.82, 2.24) is 14.9 Å². The lowest BCUT2D eigenvalue weighted by Crippen LogP contribution is -2.26. The van der Waals surface area contributed by atoms with Crippen molar-refractivity contribution in [3.05, 3.63) is 72.6 Å². The van der Waals surface area contributed by atoms with Crippen LogP contribution in [0, 0.1) is 5.92 Å². The number of aryl methyl sites for hydroxylation is 1. The molecule has 1 amide bonds. The van der Waals surface area contributed by atoms with Crippen molar-refractivity contribution >= 4 is 27.7 Å². The summed E-state index contributed by atoms with van der Waals surface area (Å²) in [4.78, 5) is 16.8. The van der Waals surface area contributed by atoms with E-state index in [1.165, 1.54) is 5.39 Å². The Morgan fingerprint density at radius 3 is 2.73 bits per heavy atom. The molecule has 4 aromatic rings. The number of nitrogens with zero attached hydrogens (tertiary/aromatic N) is 2. The van der Waals surface area contributed by atoms with E-state index < -0.39 is 0 Å². The molecule has 152 valence electrons. The number of aromatic nitrogens is 2. The minimum absolute atomic E-state index is 0.146. The maximum atomic E-state index is 12.1. The summed E-state index contributed by atoms with van der Waals surface area (Å²) in [5, 5.41) is 5.37. The highest BCUT2D eigenvalue weighted by Gasteiger charge is 2.29. The number of para-hydroxylation sites is 2. The number of carbonyl (C=O) groups is 1. The largest absolute Gasteiger partial charge is 0.493 e. The van der Waals surface area contributed by atoms with Crippen LogP contribution in [0.2, 0.25) is 0 Å². The Labute approximate surface area is 175 Å². The first-order chi connectivity index (χ1) is 14.8. The Morgan fingerprint density at radius 2 is 1.83 bits per heavy atom. The van der Waals surface area contributed by atoms with Crippen molar-refractivity contribution in [3.63, 3.8) is 0 Å². The molecule has 0 aliphatic heterocycles. The molecule has 5 heteroatoms. The van der Waals surface area contributed by atoms with E-state index in [1.807, 2.05) is 42.5 Å². The summed E-state index contributed by atoms with van der Waals surface area (Å²) >= 11 is 0. The van der Waals surface area contributed by atoms with Crippen molar-refractivity contribution < 1.29 is 9.53 Å². The number of hydrogen-bond donors (Lipinski definition) is 1. The zero-order valence-corrected chi connectivity index (χ0v) is 16.9. The molecule has 1 heterocycles. The zero-order valence-electron chi connectivity index (χ0n) is 16.9. The molecule has 1 aromatic heterocycles. The van der Waals surface area contributed by atoms with Crippen molar-refractivity contribution in [2.24, 2.45) is 5.92 Å². The van der Waals surface area contributed by atoms with Gasteiger partial charge in [-0.3, -0.25) is 4.79 Å². The van der Waals surface area contributed by atoms with Gasteiger partial charge >= 0.3 is 0 Å². The summed E-state index contributed by atoms with van der Waals surface area (Å²) in [5.74, 6) is 2.17. The lowest BCUT2D eigenvalue weighted by molar-refractivity contribution is -0.122. The summed E-state index contributed by atoms with van der Waals surface area (Å²) in [6, 6.07) is 22.5. The van der Waals surface area contributed by atoms with Crippen LogP contribution in [0.25, 0.3) is 21.8 Å². The van der Waals surface area contributed by atoms with E-state index in [-0.39, 0.29) is 11.8 Å². The van der Waals surface area contributed by atoms with Gasteiger partial charge in [-0.2, -0.15) is 0 Å². The number of benzene rings is 3. The first-order valence-corrected chi connectivity index (χ1v) is 10.6. The number of carbonyl (C=O) groups excluding carboxylic acids is 1. The zero-order chi connectivity index (χ0) is 20.3. The number of nitrogens with one attached hydrogen (secondary N) is 1. The van der Waals surface area contributed by atoms with Gasteiger partial charge in [-0.1, -0.05) is 48.5 Å². The van der Waals surface area contributed by atoms with Gasteiger partial charge in [0.25, 0.3) is 0 Å². The van der Waals surface area contributed by atoms with Crippen LogP contribution >= 0.6 is 0 Å². The Kier molecular flexibility index (Phi) is 5.10. The smallest absolute Gasteiger partial charge is 0.223 e. The molecule has 0 radical (unpaired) electrons. The average Bonchev–Trinajstić information content (AvgIpc) is 3.58. The van der Waals surface area contributed by atoms with Gasteiger partial charge in [-0.15, -0.1) is 0 Å². The number of amides is 1. The molecule has 1 aliphatic rings. The molecule has 0 spiro atoms. The van der Waals surface area contributed by atoms with E-state index in [0.717, 1.165) is 53.8 Å². The Bertz CT molecular complexity index is 1190. The third kappa shape index (κ3) is 3.88. The molecule has 1 aliphatic carbocycles. The Hall–Kier alpha value is -3.34. The lowest BCUT2D eigenvalue weighted by Gasteiger charge is -2.12. The lowest BCUT2D eigenvalue weighted by atomic mass is 10.1. The number of imidazole rings is 1. The van der Waals surface area contributed by atoms with E-state index in [0.29, 0.717) is 13.2 Å². The van der Waals surface area contributed by atoms with Gasteiger partial charge < -0.3 is 14.6 Å². The Balaban J connectivity index is 1.27. The maximum absolute atomic E-state index is 12.1. The minimum Gasteiger partial charge on any atom is -0.493 e. The van der Waals surface area contributed by atoms with Crippen LogP contribution in [-0.4, -0.2) is 22.1 Å². The normalized spacial score (nSPS) is 13.6. The molecule has 1 N–H and O–H groups in total. The van der Waals surface area contributed by atoms with Crippen LogP contribution in [0.15, 0.2) is 66.7 Å². The molecular formula is C25H25N3O2. The van der Waals surface area contributed by atoms with Gasteiger partial charge in [0, 0.05) is 17.8 Å². The van der Waals surface area contributed by atoms with Gasteiger partial charge in [-0.25, -0.2) is 4.98 Å². The predicted molar refractivity (Wildman–Crippen MR) is 118 cm³/mol. The fourth-order valence-corrected chi connectivity index (χ4v) is 3.89. The van der Waals surface area contributed by atoms with Crippen molar-refractivity contribution in [1.29, 1.82) is 0 Å². The van der Waals surface area contributed by atoms with Gasteiger partial charge in [0.1, 0.15) is 11.6 Å². The fourth-order valence-electron chi connectivity index (χ4n) is 3.89. The van der Waals surface area contributed by atoms with E-state index in [4.69, 9.17) is 9.72 Å². The minimum atomic E-state index is 0.146. The second kappa shape index (κ2) is 8.19. The van der Waals surface area contributed by atoms with Gasteiger partial charge in [0.2, 0.25) is 5.91 Å². The second-order valence-corrected chi connectivity index (χ2v) is 7.84. The number of rotatable bonds is 8. The predicted octanol–water partition coefficient (Wildman–Crippen LogP) is 4.68. The second-order valence-electron chi connectivity index (χ2n) is 7.84. The summed E-state index contributed by atoms with van der Waals surface area (Å²) in [6.07, 6.45) is 2.87. The van der Waals surface area contributed by atoms with Gasteiger partial charge in [0.05, 0.1) is 24.2 Å². The topological polar surface area (TPSA) is 56.2 Å². The van der Waals surface area contributed by atoms with Crippen molar-refractivity contribution in [3.8, 4) is 5.75 Å². The molecule has 1 fully saturated rings. The molecular weight excluding hydrogens is 374 g/mol. The standard InChI is InChI=1S/C25H25N3O2/c29-25(19-13-14-19)26-17-24-27-21-10-3-4-11-22(21)28(24)15-6-16-30-23-12-5-8-18-7-1-2-9-20(18)23/h1-5,7-12,19H,6,13-17H2,(H,26,29). The molecule has 5 rings (SSSR count). The average molecular weight is 399 g/mol. The van der Waals surface area contributed by atoms with E-state index in [9.17, 15) is 4.79 Å². The number of fused-ring (bicyclic) bond motifs is 2. The summed E-state index contributed by atoms with van der Waals surface area (Å²) < 4.78 is 8.31. The summed E-state index contributed by atoms with van der Waals surface area (Å²) in [6.45, 7) is 1.88. The van der Waals surface area contributed by atoms with Crippen molar-refractivity contribution in [2.75, 3.05) is 6.61 Å². The first kappa shape index (κ1) is 18.7. The van der Waals surface area contributed by atoms with Crippen LogP contribution in [0.1, 0.15) is 25.1 Å². The van der Waals surface area contributed by atoms with Gasteiger partial charge in [0.15, 0.2) is 0 Å². The Morgan fingerprint density at radius 1 is 1.03 bits per heavy atom. The SMILES string of the molecule is O=C(NCc1nc2ccccc2n1CCCOc1cccc2ccccc12)C1CC1.